The minimum Gasteiger partial charge on any atom is -0.382 e. The van der Waals surface area contributed by atoms with Gasteiger partial charge in [0.2, 0.25) is 0 Å². The number of para-hydroxylation sites is 1. The molecule has 0 aliphatic rings. The third-order valence-corrected chi connectivity index (χ3v) is 2.64. The fraction of sp³-hybridized carbons (Fsp3) is 0.400. The largest absolute Gasteiger partial charge is 0.411 e. The fourth-order valence-corrected chi connectivity index (χ4v) is 1.63. The second-order valence-electron chi connectivity index (χ2n) is 3.07. The number of anilines is 1. The minimum atomic E-state index is -4.25. The predicted molar refractivity (Wildman–Crippen MR) is 64.5 cm³/mol. The van der Waals surface area contributed by atoms with Gasteiger partial charge in [0, 0.05) is 15.8 Å². The Morgan fingerprint density at radius 1 is 1.25 bits per heavy atom. The number of ether oxygens (including phenoxy) is 1. The number of benzene rings is 1. The van der Waals surface area contributed by atoms with Gasteiger partial charge in [0.05, 0.1) is 6.61 Å². The minimum absolute atomic E-state index is 0.0322. The van der Waals surface area contributed by atoms with E-state index in [1.165, 1.54) is 0 Å². The number of hydrogen-bond donors (Lipinski definition) is 1. The molecule has 0 radical (unpaired) electrons. The molecule has 6 heteroatoms. The van der Waals surface area contributed by atoms with Crippen LogP contribution in [0.15, 0.2) is 24.3 Å². The molecule has 0 bridgehead atoms. The number of nitrogens with one attached hydrogen (secondary N) is 1. The smallest absolute Gasteiger partial charge is 0.382 e. The molecule has 0 atom stereocenters. The van der Waals surface area contributed by atoms with E-state index in [2.05, 4.69) is 32.6 Å². The van der Waals surface area contributed by atoms with Gasteiger partial charge >= 0.3 is 6.18 Å². The summed E-state index contributed by atoms with van der Waals surface area (Å²) >= 11 is 2.15. The van der Waals surface area contributed by atoms with E-state index >= 15 is 0 Å². The second kappa shape index (κ2) is 6.29. The highest BCUT2D eigenvalue weighted by molar-refractivity contribution is 14.1. The van der Waals surface area contributed by atoms with Gasteiger partial charge in [0.25, 0.3) is 0 Å². The van der Waals surface area contributed by atoms with E-state index in [0.717, 1.165) is 9.26 Å². The summed E-state index contributed by atoms with van der Waals surface area (Å²) in [6, 6.07) is 7.54. The Labute approximate surface area is 105 Å². The SMILES string of the molecule is FC(F)(F)COCCNc1ccccc1I. The summed E-state index contributed by atoms with van der Waals surface area (Å²) in [5.74, 6) is 0. The van der Waals surface area contributed by atoms with Crippen LogP contribution in [-0.2, 0) is 4.74 Å². The first-order chi connectivity index (χ1) is 7.49. The maximum Gasteiger partial charge on any atom is 0.411 e. The number of hydrogen-bond acceptors (Lipinski definition) is 2. The Morgan fingerprint density at radius 3 is 2.56 bits per heavy atom. The Balaban J connectivity index is 2.19. The molecule has 2 nitrogen and oxygen atoms in total. The second-order valence-corrected chi connectivity index (χ2v) is 4.24. The van der Waals surface area contributed by atoms with Crippen LogP contribution in [0.5, 0.6) is 0 Å². The first kappa shape index (κ1) is 13.6. The number of rotatable bonds is 5. The molecule has 1 aromatic rings. The van der Waals surface area contributed by atoms with Crippen LogP contribution in [0.3, 0.4) is 0 Å². The lowest BCUT2D eigenvalue weighted by atomic mass is 10.3. The van der Waals surface area contributed by atoms with Gasteiger partial charge in [-0.25, -0.2) is 0 Å². The molecule has 1 N–H and O–H groups in total. The van der Waals surface area contributed by atoms with E-state index in [-0.39, 0.29) is 6.61 Å². The van der Waals surface area contributed by atoms with Crippen molar-refractivity contribution in [2.75, 3.05) is 25.1 Å². The number of halogens is 4. The van der Waals surface area contributed by atoms with Gasteiger partial charge in [0.15, 0.2) is 0 Å². The molecule has 0 amide bonds. The van der Waals surface area contributed by atoms with Crippen molar-refractivity contribution in [2.24, 2.45) is 0 Å². The Bertz CT molecular complexity index is 330. The summed E-state index contributed by atoms with van der Waals surface area (Å²) in [5, 5.41) is 3.00. The number of alkyl halides is 3. The highest BCUT2D eigenvalue weighted by Crippen LogP contribution is 2.17. The lowest BCUT2D eigenvalue weighted by molar-refractivity contribution is -0.172. The quantitative estimate of drug-likeness (QED) is 0.653. The third kappa shape index (κ3) is 5.55. The predicted octanol–water partition coefficient (Wildman–Crippen LogP) is 3.28. The van der Waals surface area contributed by atoms with Crippen molar-refractivity contribution >= 4 is 28.3 Å². The van der Waals surface area contributed by atoms with Gasteiger partial charge < -0.3 is 10.1 Å². The molecule has 0 spiro atoms. The average Bonchev–Trinajstić information content (AvgIpc) is 2.18. The Kier molecular flexibility index (Phi) is 5.33. The highest BCUT2D eigenvalue weighted by Gasteiger charge is 2.27. The molecule has 0 aliphatic carbocycles. The van der Waals surface area contributed by atoms with Crippen molar-refractivity contribution < 1.29 is 17.9 Å². The summed E-state index contributed by atoms with van der Waals surface area (Å²) in [4.78, 5) is 0. The van der Waals surface area contributed by atoms with Gasteiger partial charge in [0.1, 0.15) is 6.61 Å². The molecule has 90 valence electrons. The molecule has 0 heterocycles. The van der Waals surface area contributed by atoms with Crippen LogP contribution in [0.2, 0.25) is 0 Å². The molecule has 0 saturated heterocycles. The monoisotopic (exact) mass is 345 g/mol. The molecule has 0 unspecified atom stereocenters. The first-order valence-corrected chi connectivity index (χ1v) is 5.70. The molecular formula is C10H11F3INO. The highest BCUT2D eigenvalue weighted by atomic mass is 127. The van der Waals surface area contributed by atoms with E-state index in [1.54, 1.807) is 0 Å². The lowest BCUT2D eigenvalue weighted by Crippen LogP contribution is -2.20. The molecular weight excluding hydrogens is 334 g/mol. The molecule has 0 aromatic heterocycles. The fourth-order valence-electron chi connectivity index (χ4n) is 1.05. The van der Waals surface area contributed by atoms with Crippen molar-refractivity contribution in [1.82, 2.24) is 0 Å². The van der Waals surface area contributed by atoms with E-state index in [0.29, 0.717) is 6.54 Å². The topological polar surface area (TPSA) is 21.3 Å². The van der Waals surface area contributed by atoms with Crippen molar-refractivity contribution in [3.63, 3.8) is 0 Å². The van der Waals surface area contributed by atoms with E-state index in [4.69, 9.17) is 0 Å². The van der Waals surface area contributed by atoms with E-state index in [1.807, 2.05) is 24.3 Å². The third-order valence-electron chi connectivity index (χ3n) is 1.70. The van der Waals surface area contributed by atoms with Crippen LogP contribution in [-0.4, -0.2) is 25.9 Å². The zero-order chi connectivity index (χ0) is 12.0. The normalized spacial score (nSPS) is 11.5. The molecule has 0 saturated carbocycles. The van der Waals surface area contributed by atoms with Crippen LogP contribution in [0.25, 0.3) is 0 Å². The average molecular weight is 345 g/mol. The van der Waals surface area contributed by atoms with Crippen LogP contribution >= 0.6 is 22.6 Å². The van der Waals surface area contributed by atoms with Crippen LogP contribution in [0.4, 0.5) is 18.9 Å². The van der Waals surface area contributed by atoms with E-state index in [9.17, 15) is 13.2 Å². The Morgan fingerprint density at radius 2 is 1.94 bits per heavy atom. The van der Waals surface area contributed by atoms with Gasteiger partial charge in [-0.3, -0.25) is 0 Å². The molecule has 0 fully saturated rings. The zero-order valence-electron chi connectivity index (χ0n) is 8.35. The van der Waals surface area contributed by atoms with Gasteiger partial charge in [-0.2, -0.15) is 13.2 Å². The summed E-state index contributed by atoms with van der Waals surface area (Å²) < 4.78 is 40.7. The molecule has 1 rings (SSSR count). The van der Waals surface area contributed by atoms with E-state index < -0.39 is 12.8 Å². The van der Waals surface area contributed by atoms with Crippen molar-refractivity contribution in [2.45, 2.75) is 6.18 Å². The summed E-state index contributed by atoms with van der Waals surface area (Å²) in [6.07, 6.45) is -4.25. The van der Waals surface area contributed by atoms with Gasteiger partial charge in [-0.05, 0) is 34.7 Å². The van der Waals surface area contributed by atoms with Gasteiger partial charge in [-0.1, -0.05) is 12.1 Å². The van der Waals surface area contributed by atoms with Crippen LogP contribution in [0, 0.1) is 3.57 Å². The molecule has 0 aliphatic heterocycles. The van der Waals surface area contributed by atoms with Crippen molar-refractivity contribution in [3.05, 3.63) is 27.8 Å². The summed E-state index contributed by atoms with van der Waals surface area (Å²) in [7, 11) is 0. The first-order valence-electron chi connectivity index (χ1n) is 4.62. The van der Waals surface area contributed by atoms with Gasteiger partial charge in [-0.15, -0.1) is 0 Å². The maximum atomic E-state index is 11.7. The van der Waals surface area contributed by atoms with Crippen LogP contribution in [0.1, 0.15) is 0 Å². The maximum absolute atomic E-state index is 11.7. The molecule has 1 aromatic carbocycles. The van der Waals surface area contributed by atoms with Crippen molar-refractivity contribution in [3.8, 4) is 0 Å². The Hall–Kier alpha value is -0.500. The zero-order valence-corrected chi connectivity index (χ0v) is 10.5. The van der Waals surface area contributed by atoms with Crippen LogP contribution < -0.4 is 5.32 Å². The van der Waals surface area contributed by atoms with Crippen molar-refractivity contribution in [1.29, 1.82) is 0 Å². The standard InChI is InChI=1S/C10H11F3INO/c11-10(12,13)7-16-6-5-15-9-4-2-1-3-8(9)14/h1-4,15H,5-7H2. The summed E-state index contributed by atoms with van der Waals surface area (Å²) in [5.41, 5.74) is 0.902. The lowest BCUT2D eigenvalue weighted by Gasteiger charge is -2.10. The molecule has 16 heavy (non-hydrogen) atoms. The summed E-state index contributed by atoms with van der Waals surface area (Å²) in [6.45, 7) is -0.804.